The number of carbonyl (C=O) groups is 1. The van der Waals surface area contributed by atoms with E-state index < -0.39 is 18.4 Å². The van der Waals surface area contributed by atoms with Crippen molar-refractivity contribution in [2.24, 2.45) is 0 Å². The average Bonchev–Trinajstić information content (AvgIpc) is 2.39. The molecule has 0 saturated carbocycles. The van der Waals surface area contributed by atoms with E-state index in [2.05, 4.69) is 0 Å². The maximum atomic E-state index is 11.1. The molecule has 1 aromatic carbocycles. The fraction of sp³-hybridized carbons (Fsp3) is 0.462. The lowest BCUT2D eigenvalue weighted by molar-refractivity contribution is -0.147. The molecule has 0 aliphatic carbocycles. The monoisotopic (exact) mass is 254 g/mol. The zero-order valence-corrected chi connectivity index (χ0v) is 10.5. The first kappa shape index (κ1) is 14.5. The maximum Gasteiger partial charge on any atom is 0.344 e. The van der Waals surface area contributed by atoms with E-state index in [1.807, 2.05) is 6.07 Å². The summed E-state index contributed by atoms with van der Waals surface area (Å²) >= 11 is 0. The zero-order chi connectivity index (χ0) is 13.4. The highest BCUT2D eigenvalue weighted by atomic mass is 16.7. The van der Waals surface area contributed by atoms with Gasteiger partial charge in [0.2, 0.25) is 0 Å². The lowest BCUT2D eigenvalue weighted by atomic mass is 10.2. The third-order valence-corrected chi connectivity index (χ3v) is 2.49. The van der Waals surface area contributed by atoms with Crippen molar-refractivity contribution in [3.05, 3.63) is 30.3 Å². The van der Waals surface area contributed by atoms with E-state index in [4.69, 9.17) is 19.3 Å². The van der Waals surface area contributed by atoms with Crippen molar-refractivity contribution in [1.82, 2.24) is 0 Å². The molecule has 5 heteroatoms. The fourth-order valence-electron chi connectivity index (χ4n) is 1.52. The van der Waals surface area contributed by atoms with Gasteiger partial charge >= 0.3 is 5.97 Å². The Morgan fingerprint density at radius 2 is 1.78 bits per heavy atom. The second-order valence-electron chi connectivity index (χ2n) is 3.74. The van der Waals surface area contributed by atoms with Crippen LogP contribution in [0.4, 0.5) is 0 Å². The first-order valence-corrected chi connectivity index (χ1v) is 5.67. The van der Waals surface area contributed by atoms with Gasteiger partial charge in [0.1, 0.15) is 5.75 Å². The molecule has 0 aromatic heterocycles. The summed E-state index contributed by atoms with van der Waals surface area (Å²) in [4.78, 5) is 11.1. The van der Waals surface area contributed by atoms with E-state index in [0.29, 0.717) is 18.6 Å². The highest BCUT2D eigenvalue weighted by Gasteiger charge is 2.21. The van der Waals surface area contributed by atoms with Gasteiger partial charge in [0.15, 0.2) is 12.4 Å². The van der Waals surface area contributed by atoms with Crippen LogP contribution in [-0.2, 0) is 14.3 Å². The van der Waals surface area contributed by atoms with Gasteiger partial charge in [-0.2, -0.15) is 0 Å². The van der Waals surface area contributed by atoms with Gasteiger partial charge in [-0.25, -0.2) is 4.79 Å². The molecule has 0 radical (unpaired) electrons. The molecule has 0 amide bonds. The minimum absolute atomic E-state index is 0.316. The van der Waals surface area contributed by atoms with Crippen LogP contribution in [0.1, 0.15) is 12.8 Å². The van der Waals surface area contributed by atoms with Crippen LogP contribution < -0.4 is 4.74 Å². The Bertz CT molecular complexity index is 348. The molecule has 0 spiro atoms. The molecule has 0 bridgehead atoms. The SMILES string of the molecule is COC(CCC(Oc1ccccc1)C(=O)O)OC. The molecular formula is C13H18O5. The predicted octanol–water partition coefficient (Wildman–Crippen LogP) is 1.92. The average molecular weight is 254 g/mol. The van der Waals surface area contributed by atoms with Gasteiger partial charge < -0.3 is 19.3 Å². The molecular weight excluding hydrogens is 236 g/mol. The molecule has 0 saturated heterocycles. The molecule has 1 unspecified atom stereocenters. The number of aliphatic carboxylic acids is 1. The van der Waals surface area contributed by atoms with Crippen LogP contribution >= 0.6 is 0 Å². The molecule has 1 aromatic rings. The quantitative estimate of drug-likeness (QED) is 0.718. The van der Waals surface area contributed by atoms with Gasteiger partial charge in [-0.05, 0) is 12.1 Å². The van der Waals surface area contributed by atoms with Crippen molar-refractivity contribution in [3.63, 3.8) is 0 Å². The standard InChI is InChI=1S/C13H18O5/c1-16-12(17-2)9-8-11(13(14)15)18-10-6-4-3-5-7-10/h3-7,11-12H,8-9H2,1-2H3,(H,14,15). The summed E-state index contributed by atoms with van der Waals surface area (Å²) in [5, 5.41) is 9.09. The Morgan fingerprint density at radius 1 is 1.17 bits per heavy atom. The van der Waals surface area contributed by atoms with Crippen molar-refractivity contribution < 1.29 is 24.1 Å². The number of rotatable bonds is 8. The number of hydrogen-bond donors (Lipinski definition) is 1. The first-order valence-electron chi connectivity index (χ1n) is 5.67. The molecule has 0 fully saturated rings. The summed E-state index contributed by atoms with van der Waals surface area (Å²) in [6.45, 7) is 0. The van der Waals surface area contributed by atoms with Gasteiger partial charge in [-0.1, -0.05) is 18.2 Å². The molecule has 1 N–H and O–H groups in total. The van der Waals surface area contributed by atoms with Crippen molar-refractivity contribution in [1.29, 1.82) is 0 Å². The zero-order valence-electron chi connectivity index (χ0n) is 10.5. The van der Waals surface area contributed by atoms with Crippen molar-refractivity contribution in [2.45, 2.75) is 25.2 Å². The molecule has 5 nitrogen and oxygen atoms in total. The van der Waals surface area contributed by atoms with Crippen LogP contribution in [-0.4, -0.2) is 37.7 Å². The summed E-state index contributed by atoms with van der Waals surface area (Å²) in [6, 6.07) is 8.87. The highest BCUT2D eigenvalue weighted by molar-refractivity contribution is 5.72. The molecule has 100 valence electrons. The van der Waals surface area contributed by atoms with Crippen LogP contribution in [0, 0.1) is 0 Å². The maximum absolute atomic E-state index is 11.1. The number of methoxy groups -OCH3 is 2. The highest BCUT2D eigenvalue weighted by Crippen LogP contribution is 2.15. The number of carboxylic acid groups (broad SMARTS) is 1. The van der Waals surface area contributed by atoms with E-state index in [1.54, 1.807) is 24.3 Å². The Hall–Kier alpha value is -1.59. The number of benzene rings is 1. The van der Waals surface area contributed by atoms with Crippen molar-refractivity contribution in [3.8, 4) is 5.75 Å². The predicted molar refractivity (Wildman–Crippen MR) is 65.5 cm³/mol. The third-order valence-electron chi connectivity index (χ3n) is 2.49. The van der Waals surface area contributed by atoms with E-state index in [0.717, 1.165) is 0 Å². The summed E-state index contributed by atoms with van der Waals surface area (Å²) in [5.41, 5.74) is 0. The largest absolute Gasteiger partial charge is 0.479 e. The van der Waals surface area contributed by atoms with E-state index in [-0.39, 0.29) is 0 Å². The Balaban J connectivity index is 2.53. The van der Waals surface area contributed by atoms with Crippen molar-refractivity contribution >= 4 is 5.97 Å². The number of ether oxygens (including phenoxy) is 3. The van der Waals surface area contributed by atoms with Gasteiger partial charge in [-0.3, -0.25) is 0 Å². The third kappa shape index (κ3) is 4.73. The minimum atomic E-state index is -0.996. The van der Waals surface area contributed by atoms with Crippen LogP contribution in [0.3, 0.4) is 0 Å². The number of carboxylic acids is 1. The van der Waals surface area contributed by atoms with Gasteiger partial charge in [-0.15, -0.1) is 0 Å². The lowest BCUT2D eigenvalue weighted by Crippen LogP contribution is -2.29. The van der Waals surface area contributed by atoms with E-state index in [1.165, 1.54) is 14.2 Å². The Morgan fingerprint density at radius 3 is 2.28 bits per heavy atom. The molecule has 0 aliphatic rings. The molecule has 1 rings (SSSR count). The normalized spacial score (nSPS) is 12.4. The van der Waals surface area contributed by atoms with Crippen molar-refractivity contribution in [2.75, 3.05) is 14.2 Å². The molecule has 0 aliphatic heterocycles. The van der Waals surface area contributed by atoms with E-state index in [9.17, 15) is 4.79 Å². The molecule has 18 heavy (non-hydrogen) atoms. The van der Waals surface area contributed by atoms with Crippen LogP contribution in [0.5, 0.6) is 5.75 Å². The summed E-state index contributed by atoms with van der Waals surface area (Å²) in [5.74, 6) is -0.457. The molecule has 1 atom stereocenters. The number of para-hydroxylation sites is 1. The minimum Gasteiger partial charge on any atom is -0.479 e. The summed E-state index contributed by atoms with van der Waals surface area (Å²) in [7, 11) is 3.03. The van der Waals surface area contributed by atoms with Crippen LogP contribution in [0.2, 0.25) is 0 Å². The van der Waals surface area contributed by atoms with Crippen LogP contribution in [0.25, 0.3) is 0 Å². The Labute approximate surface area is 106 Å². The van der Waals surface area contributed by atoms with Gasteiger partial charge in [0.25, 0.3) is 0 Å². The van der Waals surface area contributed by atoms with Gasteiger partial charge in [0.05, 0.1) is 0 Å². The smallest absolute Gasteiger partial charge is 0.344 e. The van der Waals surface area contributed by atoms with Crippen LogP contribution in [0.15, 0.2) is 30.3 Å². The topological polar surface area (TPSA) is 65.0 Å². The summed E-state index contributed by atoms with van der Waals surface area (Å²) < 4.78 is 15.4. The van der Waals surface area contributed by atoms with E-state index >= 15 is 0 Å². The first-order chi connectivity index (χ1) is 8.67. The second-order valence-corrected chi connectivity index (χ2v) is 3.74. The summed E-state index contributed by atoms with van der Waals surface area (Å²) in [6.07, 6.45) is -0.542. The Kier molecular flexibility index (Phi) is 6.18. The number of hydrogen-bond acceptors (Lipinski definition) is 4. The molecule has 0 heterocycles. The fourth-order valence-corrected chi connectivity index (χ4v) is 1.52. The lowest BCUT2D eigenvalue weighted by Gasteiger charge is -2.18. The second kappa shape index (κ2) is 7.68. The van der Waals surface area contributed by atoms with Gasteiger partial charge in [0, 0.05) is 27.1 Å².